The van der Waals surface area contributed by atoms with Gasteiger partial charge in [-0.05, 0) is 43.0 Å². The number of piperidine rings is 1. The third-order valence-electron chi connectivity index (χ3n) is 5.77. The summed E-state index contributed by atoms with van der Waals surface area (Å²) in [5, 5.41) is 0. The van der Waals surface area contributed by atoms with Crippen LogP contribution in [0.3, 0.4) is 0 Å². The number of likely N-dealkylation sites (tertiary alicyclic amines) is 1. The summed E-state index contributed by atoms with van der Waals surface area (Å²) >= 11 is 0. The molecular formula is C22H28N4O3. The summed E-state index contributed by atoms with van der Waals surface area (Å²) in [6.45, 7) is 4.60. The lowest BCUT2D eigenvalue weighted by atomic mass is 10.0. The lowest BCUT2D eigenvalue weighted by molar-refractivity contribution is 0.0638. The Morgan fingerprint density at radius 1 is 1.10 bits per heavy atom. The predicted molar refractivity (Wildman–Crippen MR) is 110 cm³/mol. The number of carbonyl (C=O) groups is 2. The van der Waals surface area contributed by atoms with Crippen molar-refractivity contribution in [2.75, 3.05) is 38.6 Å². The lowest BCUT2D eigenvalue weighted by Gasteiger charge is -2.29. The van der Waals surface area contributed by atoms with Crippen LogP contribution in [0.2, 0.25) is 0 Å². The van der Waals surface area contributed by atoms with E-state index in [1.165, 1.54) is 0 Å². The van der Waals surface area contributed by atoms with Gasteiger partial charge in [-0.25, -0.2) is 4.98 Å². The number of hydrogen-bond donors (Lipinski definition) is 0. The van der Waals surface area contributed by atoms with Gasteiger partial charge in [0.25, 0.3) is 11.8 Å². The molecule has 0 radical (unpaired) electrons. The molecule has 2 aliphatic heterocycles. The van der Waals surface area contributed by atoms with Gasteiger partial charge in [0.15, 0.2) is 0 Å². The normalized spacial score (nSPS) is 19.1. The molecule has 0 unspecified atom stereocenters. The number of aromatic nitrogens is 1. The van der Waals surface area contributed by atoms with E-state index in [9.17, 15) is 9.59 Å². The third-order valence-corrected chi connectivity index (χ3v) is 5.77. The topological polar surface area (TPSA) is 69.9 Å². The highest BCUT2D eigenvalue weighted by Crippen LogP contribution is 2.24. The second-order valence-corrected chi connectivity index (χ2v) is 8.31. The molecule has 1 atom stereocenters. The van der Waals surface area contributed by atoms with Crippen LogP contribution in [0.15, 0.2) is 28.7 Å². The maximum absolute atomic E-state index is 12.9. The molecule has 29 heavy (non-hydrogen) atoms. The number of nitrogens with zero attached hydrogens (tertiary/aromatic N) is 4. The van der Waals surface area contributed by atoms with E-state index in [1.54, 1.807) is 4.90 Å². The zero-order valence-corrected chi connectivity index (χ0v) is 17.4. The number of fused-ring (bicyclic) bond motifs is 1. The van der Waals surface area contributed by atoms with E-state index in [4.69, 9.17) is 4.42 Å². The maximum atomic E-state index is 12.9. The second kappa shape index (κ2) is 7.89. The number of rotatable bonds is 3. The molecule has 0 aliphatic carbocycles. The Morgan fingerprint density at radius 3 is 2.55 bits per heavy atom. The van der Waals surface area contributed by atoms with Gasteiger partial charge in [0.1, 0.15) is 11.5 Å². The Morgan fingerprint density at radius 2 is 1.86 bits per heavy atom. The zero-order chi connectivity index (χ0) is 20.5. The minimum atomic E-state index is -0.136. The standard InChI is InChI=1S/C22H28N4O3/c1-15-5-4-11-25(13-15)22(28)20-23-18-14-26(12-10-19(18)29-20)21(27)16-6-8-17(9-7-16)24(2)3/h6-9,15H,4-5,10-14H2,1-3H3/t15-/m1/s1. The van der Waals surface area contributed by atoms with E-state index in [1.807, 2.05) is 48.2 Å². The molecule has 7 heteroatoms. The first-order valence-corrected chi connectivity index (χ1v) is 10.3. The number of benzene rings is 1. The summed E-state index contributed by atoms with van der Waals surface area (Å²) < 4.78 is 5.79. The second-order valence-electron chi connectivity index (χ2n) is 8.31. The molecule has 1 fully saturated rings. The number of anilines is 1. The average molecular weight is 396 g/mol. The highest BCUT2D eigenvalue weighted by Gasteiger charge is 2.30. The predicted octanol–water partition coefficient (Wildman–Crippen LogP) is 2.81. The van der Waals surface area contributed by atoms with Gasteiger partial charge in [-0.3, -0.25) is 9.59 Å². The van der Waals surface area contributed by atoms with Gasteiger partial charge in [-0.2, -0.15) is 0 Å². The Hall–Kier alpha value is -2.83. The summed E-state index contributed by atoms with van der Waals surface area (Å²) in [6.07, 6.45) is 2.74. The third kappa shape index (κ3) is 3.99. The Balaban J connectivity index is 1.46. The number of hydrogen-bond acceptors (Lipinski definition) is 5. The highest BCUT2D eigenvalue weighted by atomic mass is 16.4. The minimum absolute atomic E-state index is 0.0262. The molecule has 2 aliphatic rings. The molecular weight excluding hydrogens is 368 g/mol. The first-order chi connectivity index (χ1) is 13.9. The zero-order valence-electron chi connectivity index (χ0n) is 17.4. The van der Waals surface area contributed by atoms with Crippen molar-refractivity contribution in [3.63, 3.8) is 0 Å². The molecule has 1 aromatic carbocycles. The van der Waals surface area contributed by atoms with Gasteiger partial charge >= 0.3 is 5.91 Å². The van der Waals surface area contributed by atoms with Crippen LogP contribution < -0.4 is 4.90 Å². The molecule has 4 rings (SSSR count). The van der Waals surface area contributed by atoms with E-state index < -0.39 is 0 Å². The van der Waals surface area contributed by atoms with E-state index in [0.717, 1.165) is 37.4 Å². The van der Waals surface area contributed by atoms with Gasteiger partial charge in [0, 0.05) is 51.4 Å². The van der Waals surface area contributed by atoms with Crippen LogP contribution in [0, 0.1) is 5.92 Å². The van der Waals surface area contributed by atoms with Gasteiger partial charge in [-0.15, -0.1) is 0 Å². The molecule has 0 N–H and O–H groups in total. The van der Waals surface area contributed by atoms with Crippen LogP contribution in [-0.2, 0) is 13.0 Å². The number of carbonyl (C=O) groups excluding carboxylic acids is 2. The van der Waals surface area contributed by atoms with E-state index in [2.05, 4.69) is 11.9 Å². The van der Waals surface area contributed by atoms with E-state index >= 15 is 0 Å². The molecule has 2 aromatic rings. The molecule has 3 heterocycles. The van der Waals surface area contributed by atoms with Crippen LogP contribution in [0.25, 0.3) is 0 Å². The van der Waals surface area contributed by atoms with Crippen LogP contribution in [0.5, 0.6) is 0 Å². The summed E-state index contributed by atoms with van der Waals surface area (Å²) in [7, 11) is 3.94. The van der Waals surface area contributed by atoms with Crippen molar-refractivity contribution < 1.29 is 14.0 Å². The summed E-state index contributed by atoms with van der Waals surface area (Å²) in [5.74, 6) is 1.23. The van der Waals surface area contributed by atoms with E-state index in [-0.39, 0.29) is 17.7 Å². The fourth-order valence-corrected chi connectivity index (χ4v) is 4.06. The number of oxazole rings is 1. The summed E-state index contributed by atoms with van der Waals surface area (Å²) in [6, 6.07) is 7.58. The van der Waals surface area contributed by atoms with Crippen molar-refractivity contribution >= 4 is 17.5 Å². The smallest absolute Gasteiger partial charge is 0.309 e. The maximum Gasteiger partial charge on any atom is 0.309 e. The Kier molecular flexibility index (Phi) is 5.30. The fraction of sp³-hybridized carbons (Fsp3) is 0.500. The van der Waals surface area contributed by atoms with Crippen molar-refractivity contribution in [2.45, 2.75) is 32.7 Å². The molecule has 0 saturated carbocycles. The summed E-state index contributed by atoms with van der Waals surface area (Å²) in [5.41, 5.74) is 2.40. The van der Waals surface area contributed by atoms with Crippen molar-refractivity contribution in [1.29, 1.82) is 0 Å². The Labute approximate surface area is 171 Å². The van der Waals surface area contributed by atoms with Crippen molar-refractivity contribution in [1.82, 2.24) is 14.8 Å². The quantitative estimate of drug-likeness (QED) is 0.798. The lowest BCUT2D eigenvalue weighted by Crippen LogP contribution is -2.39. The van der Waals surface area contributed by atoms with Crippen LogP contribution >= 0.6 is 0 Å². The number of amides is 2. The van der Waals surface area contributed by atoms with Crippen LogP contribution in [-0.4, -0.2) is 60.3 Å². The molecule has 1 aromatic heterocycles. The van der Waals surface area contributed by atoms with Crippen LogP contribution in [0.4, 0.5) is 5.69 Å². The van der Waals surface area contributed by atoms with Gasteiger partial charge < -0.3 is 19.1 Å². The van der Waals surface area contributed by atoms with Gasteiger partial charge in [-0.1, -0.05) is 6.92 Å². The minimum Gasteiger partial charge on any atom is -0.437 e. The molecule has 1 saturated heterocycles. The molecule has 7 nitrogen and oxygen atoms in total. The van der Waals surface area contributed by atoms with Gasteiger partial charge in [0.2, 0.25) is 0 Å². The van der Waals surface area contributed by atoms with Gasteiger partial charge in [0.05, 0.1) is 6.54 Å². The largest absolute Gasteiger partial charge is 0.437 e. The molecule has 0 bridgehead atoms. The SMILES string of the molecule is C[C@@H]1CCCN(C(=O)c2nc3c(o2)CCN(C(=O)c2ccc(N(C)C)cc2)C3)C1. The van der Waals surface area contributed by atoms with E-state index in [0.29, 0.717) is 36.7 Å². The fourth-order valence-electron chi connectivity index (χ4n) is 4.06. The first kappa shape index (κ1) is 19.5. The molecule has 154 valence electrons. The van der Waals surface area contributed by atoms with Crippen molar-refractivity contribution in [2.24, 2.45) is 5.92 Å². The van der Waals surface area contributed by atoms with Crippen molar-refractivity contribution in [3.8, 4) is 0 Å². The highest BCUT2D eigenvalue weighted by molar-refractivity contribution is 5.94. The van der Waals surface area contributed by atoms with Crippen molar-refractivity contribution in [3.05, 3.63) is 47.2 Å². The summed E-state index contributed by atoms with van der Waals surface area (Å²) in [4.78, 5) is 35.7. The molecule has 2 amide bonds. The average Bonchev–Trinajstić information content (AvgIpc) is 3.16. The Bertz CT molecular complexity index is 903. The first-order valence-electron chi connectivity index (χ1n) is 10.3. The molecule has 0 spiro atoms. The monoisotopic (exact) mass is 396 g/mol. The van der Waals surface area contributed by atoms with Crippen LogP contribution in [0.1, 0.15) is 52.3 Å².